The van der Waals surface area contributed by atoms with E-state index in [9.17, 15) is 29.7 Å². The molecule has 1 rings (SSSR count). The van der Waals surface area contributed by atoms with E-state index < -0.39 is 55.1 Å². The Morgan fingerprint density at radius 1 is 1.12 bits per heavy atom. The fourth-order valence-electron chi connectivity index (χ4n) is 2.28. The SMILES string of the molecule is CC(=O)NCSC[C@H](NC(C)=O)C(=O)N[C@H]1C(O)O[C@H](CO)[C@@H](O)[C@@H]1O. The van der Waals surface area contributed by atoms with E-state index in [1.54, 1.807) is 0 Å². The highest BCUT2D eigenvalue weighted by Gasteiger charge is 2.44. The molecule has 11 nitrogen and oxygen atoms in total. The zero-order chi connectivity index (χ0) is 19.9. The summed E-state index contributed by atoms with van der Waals surface area (Å²) in [5.41, 5.74) is 0. The molecule has 7 N–H and O–H groups in total. The minimum absolute atomic E-state index is 0.118. The second kappa shape index (κ2) is 10.6. The van der Waals surface area contributed by atoms with Gasteiger partial charge in [0, 0.05) is 19.6 Å². The molecule has 0 saturated carbocycles. The quantitative estimate of drug-likeness (QED) is 0.161. The molecule has 150 valence electrons. The molecule has 1 unspecified atom stereocenters. The van der Waals surface area contributed by atoms with Gasteiger partial charge >= 0.3 is 0 Å². The Kier molecular flexibility index (Phi) is 9.25. The minimum atomic E-state index is -1.65. The van der Waals surface area contributed by atoms with E-state index in [-0.39, 0.29) is 17.5 Å². The second-order valence-electron chi connectivity index (χ2n) is 5.76. The number of carbonyl (C=O) groups is 3. The number of aliphatic hydroxyl groups excluding tert-OH is 4. The normalized spacial score (nSPS) is 29.5. The molecular formula is C14H25N3O8S. The third kappa shape index (κ3) is 6.70. The number of nitrogens with one attached hydrogen (secondary N) is 3. The van der Waals surface area contributed by atoms with Crippen LogP contribution in [0.2, 0.25) is 0 Å². The lowest BCUT2D eigenvalue weighted by molar-refractivity contribution is -0.253. The van der Waals surface area contributed by atoms with Crippen molar-refractivity contribution < 1.29 is 39.5 Å². The number of ether oxygens (including phenoxy) is 1. The Hall–Kier alpha value is -1.44. The van der Waals surface area contributed by atoms with Crippen molar-refractivity contribution in [2.24, 2.45) is 0 Å². The summed E-state index contributed by atoms with van der Waals surface area (Å²) >= 11 is 1.18. The zero-order valence-electron chi connectivity index (χ0n) is 14.4. The zero-order valence-corrected chi connectivity index (χ0v) is 15.2. The molecule has 0 aliphatic carbocycles. The Labute approximate surface area is 154 Å². The summed E-state index contributed by atoms with van der Waals surface area (Å²) in [6.45, 7) is 1.95. The number of hydrogen-bond acceptors (Lipinski definition) is 9. The predicted octanol–water partition coefficient (Wildman–Crippen LogP) is -3.77. The summed E-state index contributed by atoms with van der Waals surface area (Å²) in [5, 5.41) is 46.1. The highest BCUT2D eigenvalue weighted by molar-refractivity contribution is 7.99. The average molecular weight is 395 g/mol. The summed E-state index contributed by atoms with van der Waals surface area (Å²) in [6.07, 6.45) is -5.93. The minimum Gasteiger partial charge on any atom is -0.394 e. The summed E-state index contributed by atoms with van der Waals surface area (Å²) in [6, 6.07) is -2.35. The topological polar surface area (TPSA) is 177 Å². The van der Waals surface area contributed by atoms with Gasteiger partial charge in [-0.2, -0.15) is 0 Å². The van der Waals surface area contributed by atoms with Crippen LogP contribution in [-0.2, 0) is 19.1 Å². The van der Waals surface area contributed by atoms with Gasteiger partial charge in [0.1, 0.15) is 30.4 Å². The van der Waals surface area contributed by atoms with E-state index in [0.717, 1.165) is 0 Å². The first-order valence-corrected chi connectivity index (χ1v) is 9.03. The van der Waals surface area contributed by atoms with Crippen LogP contribution < -0.4 is 16.0 Å². The van der Waals surface area contributed by atoms with Crippen molar-refractivity contribution in [1.82, 2.24) is 16.0 Å². The Morgan fingerprint density at radius 2 is 1.77 bits per heavy atom. The van der Waals surface area contributed by atoms with Gasteiger partial charge in [0.05, 0.1) is 12.5 Å². The van der Waals surface area contributed by atoms with Crippen LogP contribution in [0.3, 0.4) is 0 Å². The fraction of sp³-hybridized carbons (Fsp3) is 0.786. The molecule has 1 aliphatic heterocycles. The smallest absolute Gasteiger partial charge is 0.243 e. The van der Waals surface area contributed by atoms with Crippen LogP contribution in [0.25, 0.3) is 0 Å². The van der Waals surface area contributed by atoms with E-state index >= 15 is 0 Å². The van der Waals surface area contributed by atoms with Crippen LogP contribution in [-0.4, -0.2) is 93.1 Å². The van der Waals surface area contributed by atoms with Gasteiger partial charge in [-0.3, -0.25) is 14.4 Å². The number of hydrogen-bond donors (Lipinski definition) is 7. The first-order chi connectivity index (χ1) is 12.2. The van der Waals surface area contributed by atoms with Gasteiger partial charge in [-0.25, -0.2) is 0 Å². The second-order valence-corrected chi connectivity index (χ2v) is 6.79. The maximum atomic E-state index is 12.4. The fourth-order valence-corrected chi connectivity index (χ4v) is 3.17. The van der Waals surface area contributed by atoms with Crippen molar-refractivity contribution in [2.45, 2.75) is 50.5 Å². The van der Waals surface area contributed by atoms with Crippen LogP contribution in [0, 0.1) is 0 Å². The molecule has 0 aromatic heterocycles. The molecule has 26 heavy (non-hydrogen) atoms. The van der Waals surface area contributed by atoms with E-state index in [1.165, 1.54) is 25.6 Å². The van der Waals surface area contributed by atoms with Gasteiger partial charge in [-0.05, 0) is 0 Å². The molecule has 1 fully saturated rings. The largest absolute Gasteiger partial charge is 0.394 e. The molecule has 0 aromatic rings. The monoisotopic (exact) mass is 395 g/mol. The third-order valence-corrected chi connectivity index (χ3v) is 4.53. The number of rotatable bonds is 8. The first kappa shape index (κ1) is 22.6. The van der Waals surface area contributed by atoms with Crippen LogP contribution >= 0.6 is 11.8 Å². The molecule has 12 heteroatoms. The van der Waals surface area contributed by atoms with E-state index in [1.807, 2.05) is 0 Å². The van der Waals surface area contributed by atoms with E-state index in [4.69, 9.17) is 9.84 Å². The molecule has 0 spiro atoms. The number of thioether (sulfide) groups is 1. The molecule has 0 bridgehead atoms. The van der Waals surface area contributed by atoms with Gasteiger partial charge in [0.15, 0.2) is 6.29 Å². The van der Waals surface area contributed by atoms with Gasteiger partial charge < -0.3 is 41.1 Å². The van der Waals surface area contributed by atoms with Gasteiger partial charge in [0.25, 0.3) is 0 Å². The maximum absolute atomic E-state index is 12.4. The van der Waals surface area contributed by atoms with Crippen molar-refractivity contribution in [2.75, 3.05) is 18.2 Å². The Morgan fingerprint density at radius 3 is 2.31 bits per heavy atom. The summed E-state index contributed by atoms with van der Waals surface area (Å²) in [5.74, 6) is -1.07. The molecule has 6 atom stereocenters. The van der Waals surface area contributed by atoms with Crippen LogP contribution in [0.5, 0.6) is 0 Å². The van der Waals surface area contributed by atoms with Gasteiger partial charge in [-0.15, -0.1) is 11.8 Å². The van der Waals surface area contributed by atoms with E-state index in [0.29, 0.717) is 0 Å². The van der Waals surface area contributed by atoms with Gasteiger partial charge in [0.2, 0.25) is 17.7 Å². The number of amides is 3. The van der Waals surface area contributed by atoms with Crippen molar-refractivity contribution in [1.29, 1.82) is 0 Å². The van der Waals surface area contributed by atoms with Crippen molar-refractivity contribution in [3.05, 3.63) is 0 Å². The maximum Gasteiger partial charge on any atom is 0.243 e. The van der Waals surface area contributed by atoms with Crippen molar-refractivity contribution >= 4 is 29.5 Å². The first-order valence-electron chi connectivity index (χ1n) is 7.87. The standard InChI is InChI=1S/C14H25N3O8S/c1-6(19)15-5-26-4-8(16-7(2)20)13(23)17-10-12(22)11(21)9(3-18)25-14(10)24/h8-12,14,18,21-22,24H,3-5H2,1-2H3,(H,15,19)(H,16,20)(H,17,23)/t8-,9+,10+,11+,12+,14?/m0/s1. The molecule has 1 aliphatic rings. The lowest BCUT2D eigenvalue weighted by atomic mass is 9.97. The molecule has 0 radical (unpaired) electrons. The number of aliphatic hydroxyl groups is 4. The lowest BCUT2D eigenvalue weighted by Gasteiger charge is -2.40. The van der Waals surface area contributed by atoms with E-state index in [2.05, 4.69) is 16.0 Å². The Balaban J connectivity index is 2.69. The van der Waals surface area contributed by atoms with Crippen LogP contribution in [0.1, 0.15) is 13.8 Å². The van der Waals surface area contributed by atoms with Gasteiger partial charge in [-0.1, -0.05) is 0 Å². The van der Waals surface area contributed by atoms with Crippen LogP contribution in [0.15, 0.2) is 0 Å². The molecule has 0 aromatic carbocycles. The Bertz CT molecular complexity index is 509. The van der Waals surface area contributed by atoms with Crippen molar-refractivity contribution in [3.63, 3.8) is 0 Å². The average Bonchev–Trinajstić information content (AvgIpc) is 2.56. The molecule has 3 amide bonds. The highest BCUT2D eigenvalue weighted by atomic mass is 32.2. The van der Waals surface area contributed by atoms with Crippen LogP contribution in [0.4, 0.5) is 0 Å². The summed E-state index contributed by atoms with van der Waals surface area (Å²) < 4.78 is 4.96. The lowest BCUT2D eigenvalue weighted by Crippen LogP contribution is -2.65. The molecule has 1 saturated heterocycles. The summed E-state index contributed by atoms with van der Waals surface area (Å²) in [4.78, 5) is 34.5. The molecular weight excluding hydrogens is 370 g/mol. The predicted molar refractivity (Wildman–Crippen MR) is 90.7 cm³/mol. The highest BCUT2D eigenvalue weighted by Crippen LogP contribution is 2.20. The third-order valence-electron chi connectivity index (χ3n) is 3.61. The molecule has 1 heterocycles. The number of carbonyl (C=O) groups excluding carboxylic acids is 3. The summed E-state index contributed by atoms with van der Waals surface area (Å²) in [7, 11) is 0. The van der Waals surface area contributed by atoms with Crippen molar-refractivity contribution in [3.8, 4) is 0 Å².